The number of aromatic hydroxyl groups is 1. The second-order valence-electron chi connectivity index (χ2n) is 8.24. The molecule has 3 aliphatic carbocycles. The zero-order valence-corrected chi connectivity index (χ0v) is 14.7. The van der Waals surface area contributed by atoms with Gasteiger partial charge >= 0.3 is 0 Å². The number of nitrogens with two attached hydrogens (primary N) is 1. The Morgan fingerprint density at radius 1 is 1.25 bits per heavy atom. The summed E-state index contributed by atoms with van der Waals surface area (Å²) in [4.78, 5) is 0. The van der Waals surface area contributed by atoms with Crippen LogP contribution >= 0.6 is 0 Å². The summed E-state index contributed by atoms with van der Waals surface area (Å²) >= 11 is 0. The van der Waals surface area contributed by atoms with E-state index in [1.807, 2.05) is 19.1 Å². The second kappa shape index (κ2) is 5.63. The van der Waals surface area contributed by atoms with E-state index in [1.54, 1.807) is 0 Å². The molecule has 4 N–H and O–H groups in total. The average Bonchev–Trinajstić information content (AvgIpc) is 2.85. The van der Waals surface area contributed by atoms with Gasteiger partial charge in [0, 0.05) is 6.04 Å². The molecule has 1 aromatic carbocycles. The highest BCUT2D eigenvalue weighted by atomic mass is 16.5. The molecule has 1 aromatic rings. The number of hydrogen-bond acceptors (Lipinski definition) is 4. The number of aliphatic hydroxyl groups excluding tert-OH is 1. The Hall–Kier alpha value is -1.26. The fraction of sp³-hybridized carbons (Fsp3) is 0.700. The minimum atomic E-state index is -0.167. The maximum atomic E-state index is 10.5. The number of benzene rings is 1. The molecule has 2 saturated carbocycles. The summed E-state index contributed by atoms with van der Waals surface area (Å²) in [6.07, 6.45) is 4.98. The van der Waals surface area contributed by atoms with Crippen LogP contribution in [0.3, 0.4) is 0 Å². The van der Waals surface area contributed by atoms with Crippen LogP contribution in [0.2, 0.25) is 0 Å². The highest BCUT2D eigenvalue weighted by Crippen LogP contribution is 2.62. The standard InChI is InChI=1S/C20H29NO3/c1-3-24-18-10-12-11-6-7-20(2)15(4-5-19(20)23)13(11)8-16(21)14(12)9-17(18)22/h9-11,13,15-16,19,22-23H,3-8,21H2,1-2H3. The van der Waals surface area contributed by atoms with Crippen molar-refractivity contribution >= 4 is 0 Å². The van der Waals surface area contributed by atoms with Gasteiger partial charge in [-0.1, -0.05) is 6.92 Å². The van der Waals surface area contributed by atoms with E-state index in [2.05, 4.69) is 6.92 Å². The van der Waals surface area contributed by atoms with Gasteiger partial charge in [0.05, 0.1) is 12.7 Å². The predicted molar refractivity (Wildman–Crippen MR) is 93.1 cm³/mol. The third-order valence-corrected chi connectivity index (χ3v) is 7.18. The summed E-state index contributed by atoms with van der Waals surface area (Å²) < 4.78 is 5.61. The summed E-state index contributed by atoms with van der Waals surface area (Å²) in [7, 11) is 0. The van der Waals surface area contributed by atoms with E-state index in [1.165, 1.54) is 5.56 Å². The Labute approximate surface area is 144 Å². The quantitative estimate of drug-likeness (QED) is 0.776. The lowest BCUT2D eigenvalue weighted by Gasteiger charge is -2.51. The van der Waals surface area contributed by atoms with Crippen LogP contribution in [-0.4, -0.2) is 22.9 Å². The molecular weight excluding hydrogens is 302 g/mol. The maximum absolute atomic E-state index is 10.5. The Balaban J connectivity index is 1.75. The van der Waals surface area contributed by atoms with Gasteiger partial charge in [-0.15, -0.1) is 0 Å². The van der Waals surface area contributed by atoms with Crippen LogP contribution in [0.25, 0.3) is 0 Å². The highest BCUT2D eigenvalue weighted by molar-refractivity contribution is 5.50. The molecule has 4 heteroatoms. The summed E-state index contributed by atoms with van der Waals surface area (Å²) in [5, 5.41) is 20.7. The largest absolute Gasteiger partial charge is 0.504 e. The van der Waals surface area contributed by atoms with Gasteiger partial charge in [-0.05, 0) is 85.5 Å². The molecule has 3 aliphatic rings. The number of aliphatic hydroxyl groups is 1. The van der Waals surface area contributed by atoms with Crippen LogP contribution < -0.4 is 10.5 Å². The third-order valence-electron chi connectivity index (χ3n) is 7.18. The van der Waals surface area contributed by atoms with Crippen molar-refractivity contribution in [2.45, 2.75) is 64.0 Å². The molecular formula is C20H29NO3. The Morgan fingerprint density at radius 3 is 2.79 bits per heavy atom. The summed E-state index contributed by atoms with van der Waals surface area (Å²) in [5.74, 6) is 2.32. The number of rotatable bonds is 2. The van der Waals surface area contributed by atoms with Crippen LogP contribution in [-0.2, 0) is 0 Å². The topological polar surface area (TPSA) is 75.7 Å². The van der Waals surface area contributed by atoms with Gasteiger partial charge in [0.2, 0.25) is 0 Å². The molecule has 0 aliphatic heterocycles. The van der Waals surface area contributed by atoms with Crippen molar-refractivity contribution in [3.05, 3.63) is 23.3 Å². The molecule has 0 aromatic heterocycles. The normalized spacial score (nSPS) is 40.6. The van der Waals surface area contributed by atoms with Crippen LogP contribution in [0.5, 0.6) is 11.5 Å². The minimum absolute atomic E-state index is 0.0390. The van der Waals surface area contributed by atoms with Crippen molar-refractivity contribution in [3.8, 4) is 11.5 Å². The fourth-order valence-corrected chi connectivity index (χ4v) is 5.91. The van der Waals surface area contributed by atoms with Gasteiger partial charge in [0.1, 0.15) is 0 Å². The van der Waals surface area contributed by atoms with Crippen molar-refractivity contribution in [1.82, 2.24) is 0 Å². The van der Waals surface area contributed by atoms with Crippen LogP contribution in [0.15, 0.2) is 12.1 Å². The number of fused-ring (bicyclic) bond motifs is 5. The number of phenols is 1. The molecule has 6 unspecified atom stereocenters. The predicted octanol–water partition coefficient (Wildman–Crippen LogP) is 3.47. The summed E-state index contributed by atoms with van der Waals surface area (Å²) in [6, 6.07) is 3.81. The van der Waals surface area contributed by atoms with Crippen molar-refractivity contribution in [2.24, 2.45) is 23.0 Å². The van der Waals surface area contributed by atoms with Crippen LogP contribution in [0.4, 0.5) is 0 Å². The summed E-state index contributed by atoms with van der Waals surface area (Å²) in [6.45, 7) is 4.74. The minimum Gasteiger partial charge on any atom is -0.504 e. The summed E-state index contributed by atoms with van der Waals surface area (Å²) in [5.41, 5.74) is 8.90. The zero-order chi connectivity index (χ0) is 17.1. The first-order valence-corrected chi connectivity index (χ1v) is 9.39. The zero-order valence-electron chi connectivity index (χ0n) is 14.7. The maximum Gasteiger partial charge on any atom is 0.161 e. The lowest BCUT2D eigenvalue weighted by atomic mass is 9.55. The number of phenolic OH excluding ortho intramolecular Hbond substituents is 1. The van der Waals surface area contributed by atoms with Gasteiger partial charge in [-0.25, -0.2) is 0 Å². The Bertz CT molecular complexity index is 646. The lowest BCUT2D eigenvalue weighted by Crippen LogP contribution is -2.45. The second-order valence-corrected chi connectivity index (χ2v) is 8.24. The first-order valence-electron chi connectivity index (χ1n) is 9.39. The van der Waals surface area contributed by atoms with E-state index < -0.39 is 0 Å². The van der Waals surface area contributed by atoms with Crippen molar-refractivity contribution in [2.75, 3.05) is 6.61 Å². The lowest BCUT2D eigenvalue weighted by molar-refractivity contribution is -0.0248. The number of ether oxygens (including phenoxy) is 1. The van der Waals surface area contributed by atoms with Crippen molar-refractivity contribution in [3.63, 3.8) is 0 Å². The van der Waals surface area contributed by atoms with Crippen molar-refractivity contribution in [1.29, 1.82) is 0 Å². The fourth-order valence-electron chi connectivity index (χ4n) is 5.91. The number of hydrogen-bond donors (Lipinski definition) is 3. The monoisotopic (exact) mass is 331 g/mol. The van der Waals surface area contributed by atoms with Crippen LogP contribution in [0.1, 0.15) is 69.0 Å². The third kappa shape index (κ3) is 2.19. The van der Waals surface area contributed by atoms with E-state index in [0.717, 1.165) is 37.7 Å². The van der Waals surface area contributed by atoms with E-state index in [9.17, 15) is 10.2 Å². The first-order chi connectivity index (χ1) is 11.5. The molecule has 4 rings (SSSR count). The molecule has 0 amide bonds. The molecule has 6 atom stereocenters. The molecule has 0 heterocycles. The SMILES string of the molecule is CCOc1cc2c(cc1O)C(N)CC1C2CCC2(C)C(O)CCC12. The van der Waals surface area contributed by atoms with Gasteiger partial charge in [-0.3, -0.25) is 0 Å². The Kier molecular flexibility index (Phi) is 3.81. The van der Waals surface area contributed by atoms with E-state index in [-0.39, 0.29) is 23.3 Å². The van der Waals surface area contributed by atoms with Gasteiger partial charge < -0.3 is 20.7 Å². The molecule has 0 spiro atoms. The molecule has 0 bridgehead atoms. The highest BCUT2D eigenvalue weighted by Gasteiger charge is 2.55. The van der Waals surface area contributed by atoms with Gasteiger partial charge in [0.25, 0.3) is 0 Å². The van der Waals surface area contributed by atoms with Gasteiger partial charge in [0.15, 0.2) is 11.5 Å². The molecule has 24 heavy (non-hydrogen) atoms. The molecule has 0 saturated heterocycles. The van der Waals surface area contributed by atoms with E-state index in [4.69, 9.17) is 10.5 Å². The molecule has 132 valence electrons. The average molecular weight is 331 g/mol. The first kappa shape index (κ1) is 16.2. The molecule has 0 radical (unpaired) electrons. The molecule has 2 fully saturated rings. The van der Waals surface area contributed by atoms with E-state index in [0.29, 0.717) is 30.1 Å². The van der Waals surface area contributed by atoms with Crippen LogP contribution in [0, 0.1) is 17.3 Å². The molecule has 4 nitrogen and oxygen atoms in total. The van der Waals surface area contributed by atoms with E-state index >= 15 is 0 Å². The smallest absolute Gasteiger partial charge is 0.161 e. The Morgan fingerprint density at radius 2 is 2.04 bits per heavy atom. The van der Waals surface area contributed by atoms with Gasteiger partial charge in [-0.2, -0.15) is 0 Å². The van der Waals surface area contributed by atoms with Crippen molar-refractivity contribution < 1.29 is 14.9 Å².